The second kappa shape index (κ2) is 9.20. The normalized spacial score (nSPS) is 17.5. The van der Waals surface area contributed by atoms with Gasteiger partial charge in [0.1, 0.15) is 18.2 Å². The SMILES string of the molecule is c1ccc(COc2ccc(-c3nc4nc(C5CCN(SC6CC6)CC5)ccc4[nH]3)cc2)cc1. The predicted octanol–water partition coefficient (Wildman–Crippen LogP) is 6.19. The maximum Gasteiger partial charge on any atom is 0.178 e. The Labute approximate surface area is 198 Å². The van der Waals surface area contributed by atoms with Crippen molar-refractivity contribution in [2.45, 2.75) is 43.5 Å². The Bertz CT molecular complexity index is 1210. The van der Waals surface area contributed by atoms with Crippen molar-refractivity contribution < 1.29 is 4.74 Å². The molecule has 2 aromatic carbocycles. The van der Waals surface area contributed by atoms with Gasteiger partial charge in [-0.3, -0.25) is 4.31 Å². The van der Waals surface area contributed by atoms with Crippen LogP contribution < -0.4 is 4.74 Å². The first-order valence-electron chi connectivity index (χ1n) is 11.9. The molecule has 2 fully saturated rings. The number of H-pyrrole nitrogens is 1. The van der Waals surface area contributed by atoms with Crippen LogP contribution >= 0.6 is 11.9 Å². The lowest BCUT2D eigenvalue weighted by molar-refractivity contribution is 0.306. The second-order valence-electron chi connectivity index (χ2n) is 9.00. The van der Waals surface area contributed by atoms with Crippen LogP contribution in [0, 0.1) is 0 Å². The molecular weight excluding hydrogens is 428 g/mol. The summed E-state index contributed by atoms with van der Waals surface area (Å²) in [7, 11) is 0. The molecule has 0 amide bonds. The highest BCUT2D eigenvalue weighted by atomic mass is 32.2. The quantitative estimate of drug-likeness (QED) is 0.336. The Kier molecular flexibility index (Phi) is 5.78. The van der Waals surface area contributed by atoms with Gasteiger partial charge < -0.3 is 9.72 Å². The third kappa shape index (κ3) is 4.92. The van der Waals surface area contributed by atoms with Crippen LogP contribution in [0.5, 0.6) is 5.75 Å². The average Bonchev–Trinajstić information content (AvgIpc) is 3.58. The summed E-state index contributed by atoms with van der Waals surface area (Å²) in [5.74, 6) is 2.23. The third-order valence-electron chi connectivity index (χ3n) is 6.44. The van der Waals surface area contributed by atoms with Crippen molar-refractivity contribution in [2.75, 3.05) is 13.1 Å². The number of fused-ring (bicyclic) bond motifs is 1. The molecule has 33 heavy (non-hydrogen) atoms. The Morgan fingerprint density at radius 1 is 0.879 bits per heavy atom. The molecule has 0 unspecified atom stereocenters. The van der Waals surface area contributed by atoms with Gasteiger partial charge >= 0.3 is 0 Å². The molecule has 168 valence electrons. The van der Waals surface area contributed by atoms with Crippen molar-refractivity contribution in [2.24, 2.45) is 0 Å². The van der Waals surface area contributed by atoms with Gasteiger partial charge in [0.2, 0.25) is 0 Å². The monoisotopic (exact) mass is 456 g/mol. The molecular formula is C27H28N4OS. The van der Waals surface area contributed by atoms with Gasteiger partial charge in [-0.15, -0.1) is 0 Å². The Morgan fingerprint density at radius 2 is 1.67 bits per heavy atom. The van der Waals surface area contributed by atoms with Gasteiger partial charge in [0.15, 0.2) is 5.65 Å². The van der Waals surface area contributed by atoms with Crippen LogP contribution in [0.25, 0.3) is 22.6 Å². The predicted molar refractivity (Wildman–Crippen MR) is 134 cm³/mol. The molecule has 2 aliphatic rings. The summed E-state index contributed by atoms with van der Waals surface area (Å²) in [6, 6.07) is 22.6. The maximum absolute atomic E-state index is 5.91. The lowest BCUT2D eigenvalue weighted by atomic mass is 9.94. The number of ether oxygens (including phenoxy) is 1. The first-order chi connectivity index (χ1) is 16.3. The highest BCUT2D eigenvalue weighted by Crippen LogP contribution is 2.39. The zero-order valence-electron chi connectivity index (χ0n) is 18.6. The Balaban J connectivity index is 1.12. The number of nitrogens with zero attached hydrogens (tertiary/aromatic N) is 3. The van der Waals surface area contributed by atoms with Gasteiger partial charge in [-0.2, -0.15) is 0 Å². The molecule has 1 aliphatic carbocycles. The van der Waals surface area contributed by atoms with Crippen LogP contribution in [0.3, 0.4) is 0 Å². The molecule has 1 saturated carbocycles. The zero-order valence-corrected chi connectivity index (χ0v) is 19.4. The van der Waals surface area contributed by atoms with Gasteiger partial charge in [0.25, 0.3) is 0 Å². The van der Waals surface area contributed by atoms with Gasteiger partial charge in [-0.1, -0.05) is 42.3 Å². The van der Waals surface area contributed by atoms with Crippen molar-refractivity contribution in [3.63, 3.8) is 0 Å². The van der Waals surface area contributed by atoms with Gasteiger partial charge in [0, 0.05) is 35.5 Å². The zero-order chi connectivity index (χ0) is 22.0. The third-order valence-corrected chi connectivity index (χ3v) is 7.87. The van der Waals surface area contributed by atoms with Gasteiger partial charge in [0.05, 0.1) is 5.52 Å². The van der Waals surface area contributed by atoms with E-state index in [9.17, 15) is 0 Å². The average molecular weight is 457 g/mol. The maximum atomic E-state index is 5.91. The number of imidazole rings is 1. The lowest BCUT2D eigenvalue weighted by Gasteiger charge is -2.30. The summed E-state index contributed by atoms with van der Waals surface area (Å²) in [5.41, 5.74) is 5.17. The van der Waals surface area contributed by atoms with E-state index in [1.54, 1.807) is 0 Å². The first kappa shape index (κ1) is 20.8. The summed E-state index contributed by atoms with van der Waals surface area (Å²) in [5, 5.41) is 0.892. The standard InChI is InChI=1S/C27H28N4OS/c1-2-4-19(5-3-1)18-32-22-8-6-21(7-9-22)26-29-25-13-12-24(28-27(25)30-26)20-14-16-31(17-15-20)33-23-10-11-23/h1-9,12-13,20,23H,10-11,14-18H2,(H,28,29,30). The van der Waals surface area contributed by atoms with E-state index in [4.69, 9.17) is 14.7 Å². The smallest absolute Gasteiger partial charge is 0.178 e. The number of rotatable bonds is 7. The minimum atomic E-state index is 0.534. The number of aromatic nitrogens is 3. The molecule has 5 nitrogen and oxygen atoms in total. The molecule has 1 aliphatic heterocycles. The summed E-state index contributed by atoms with van der Waals surface area (Å²) in [4.78, 5) is 13.2. The van der Waals surface area contributed by atoms with E-state index in [1.165, 1.54) is 31.4 Å². The number of aromatic amines is 1. The van der Waals surface area contributed by atoms with Crippen LogP contribution in [-0.4, -0.2) is 37.6 Å². The van der Waals surface area contributed by atoms with E-state index in [0.717, 1.165) is 52.2 Å². The molecule has 1 N–H and O–H groups in total. The van der Waals surface area contributed by atoms with E-state index in [1.807, 2.05) is 42.5 Å². The number of nitrogens with one attached hydrogen (secondary N) is 1. The van der Waals surface area contributed by atoms with Crippen LogP contribution in [0.2, 0.25) is 0 Å². The summed E-state index contributed by atoms with van der Waals surface area (Å²) in [6.45, 7) is 2.89. The van der Waals surface area contributed by atoms with Crippen molar-refractivity contribution in [3.05, 3.63) is 78.0 Å². The lowest BCUT2D eigenvalue weighted by Crippen LogP contribution is -2.28. The first-order valence-corrected chi connectivity index (χ1v) is 12.7. The van der Waals surface area contributed by atoms with E-state index in [-0.39, 0.29) is 0 Å². The van der Waals surface area contributed by atoms with Gasteiger partial charge in [-0.05, 0) is 67.6 Å². The minimum Gasteiger partial charge on any atom is -0.489 e. The number of piperidine rings is 1. The van der Waals surface area contributed by atoms with Crippen LogP contribution in [0.4, 0.5) is 0 Å². The largest absolute Gasteiger partial charge is 0.489 e. The molecule has 1 saturated heterocycles. The highest BCUT2D eigenvalue weighted by molar-refractivity contribution is 7.97. The molecule has 0 radical (unpaired) electrons. The number of hydrogen-bond donors (Lipinski definition) is 1. The summed E-state index contributed by atoms with van der Waals surface area (Å²) < 4.78 is 8.47. The molecule has 0 atom stereocenters. The fourth-order valence-electron chi connectivity index (χ4n) is 4.36. The molecule has 6 heteroatoms. The number of hydrogen-bond acceptors (Lipinski definition) is 5. The molecule has 3 heterocycles. The fourth-order valence-corrected chi connectivity index (χ4v) is 5.55. The van der Waals surface area contributed by atoms with Crippen molar-refractivity contribution >= 4 is 23.1 Å². The van der Waals surface area contributed by atoms with E-state index >= 15 is 0 Å². The van der Waals surface area contributed by atoms with E-state index in [2.05, 4.69) is 45.5 Å². The van der Waals surface area contributed by atoms with Crippen LogP contribution in [0.1, 0.15) is 42.9 Å². The fraction of sp³-hybridized carbons (Fsp3) is 0.333. The second-order valence-corrected chi connectivity index (χ2v) is 10.4. The van der Waals surface area contributed by atoms with Gasteiger partial charge in [-0.25, -0.2) is 9.97 Å². The Morgan fingerprint density at radius 3 is 2.42 bits per heavy atom. The van der Waals surface area contributed by atoms with Crippen LogP contribution in [-0.2, 0) is 6.61 Å². The molecule has 0 bridgehead atoms. The summed E-state index contributed by atoms with van der Waals surface area (Å²) in [6.07, 6.45) is 5.15. The molecule has 6 rings (SSSR count). The van der Waals surface area contributed by atoms with Crippen molar-refractivity contribution in [1.82, 2.24) is 19.3 Å². The van der Waals surface area contributed by atoms with E-state index < -0.39 is 0 Å². The number of benzene rings is 2. The van der Waals surface area contributed by atoms with Crippen LogP contribution in [0.15, 0.2) is 66.7 Å². The molecule has 4 aromatic rings. The Hall–Kier alpha value is -2.83. The topological polar surface area (TPSA) is 54.0 Å². The highest BCUT2D eigenvalue weighted by Gasteiger charge is 2.29. The minimum absolute atomic E-state index is 0.534. The number of pyridine rings is 1. The molecule has 0 spiro atoms. The van der Waals surface area contributed by atoms with E-state index in [0.29, 0.717) is 12.5 Å². The molecule has 2 aromatic heterocycles. The van der Waals surface area contributed by atoms with Crippen molar-refractivity contribution in [3.8, 4) is 17.1 Å². The van der Waals surface area contributed by atoms with Crippen molar-refractivity contribution in [1.29, 1.82) is 0 Å². The summed E-state index contributed by atoms with van der Waals surface area (Å²) >= 11 is 2.08.